The smallest absolute Gasteiger partial charge is 0.0689 e. The summed E-state index contributed by atoms with van der Waals surface area (Å²) < 4.78 is 0. The van der Waals surface area contributed by atoms with Crippen LogP contribution in [0.15, 0.2) is 0 Å². The second-order valence-electron chi connectivity index (χ2n) is 7.89. The number of nitrogens with zero attached hydrogens (tertiary/aromatic N) is 1. The second kappa shape index (κ2) is 8.21. The minimum absolute atomic E-state index is 0.0359. The molecular weight excluding hydrogens is 254 g/mol. The van der Waals surface area contributed by atoms with Crippen LogP contribution in [0.1, 0.15) is 97.3 Å². The molecule has 2 saturated carbocycles. The van der Waals surface area contributed by atoms with Gasteiger partial charge in [0.2, 0.25) is 0 Å². The summed E-state index contributed by atoms with van der Waals surface area (Å²) >= 11 is 0. The third-order valence-electron chi connectivity index (χ3n) is 6.52. The Labute approximate surface area is 132 Å². The molecule has 1 nitrogen and oxygen atoms in total. The Kier molecular flexibility index (Phi) is 6.59. The summed E-state index contributed by atoms with van der Waals surface area (Å²) in [7, 11) is 0. The first-order chi connectivity index (χ1) is 10.2. The number of nitriles is 1. The number of fused-ring (bicyclic) bond motifs is 1. The molecule has 0 aromatic rings. The summed E-state index contributed by atoms with van der Waals surface area (Å²) in [5.74, 6) is 2.83. The van der Waals surface area contributed by atoms with E-state index >= 15 is 0 Å². The Morgan fingerprint density at radius 1 is 1.00 bits per heavy atom. The van der Waals surface area contributed by atoms with Crippen molar-refractivity contribution in [3.63, 3.8) is 0 Å². The minimum Gasteiger partial charge on any atom is -0.198 e. The normalized spacial score (nSPS) is 36.0. The van der Waals surface area contributed by atoms with Crippen molar-refractivity contribution in [3.05, 3.63) is 0 Å². The Hall–Kier alpha value is -0.510. The average molecular weight is 290 g/mol. The van der Waals surface area contributed by atoms with E-state index in [0.29, 0.717) is 0 Å². The van der Waals surface area contributed by atoms with Crippen molar-refractivity contribution in [1.29, 1.82) is 5.26 Å². The van der Waals surface area contributed by atoms with Crippen LogP contribution in [0.25, 0.3) is 0 Å². The highest BCUT2D eigenvalue weighted by atomic mass is 14.5. The fraction of sp³-hybridized carbons (Fsp3) is 0.950. The highest BCUT2D eigenvalue weighted by Gasteiger charge is 2.42. The first-order valence-electron chi connectivity index (χ1n) is 9.64. The summed E-state index contributed by atoms with van der Waals surface area (Å²) in [5.41, 5.74) is 0.0359. The summed E-state index contributed by atoms with van der Waals surface area (Å²) in [4.78, 5) is 0. The molecule has 0 aromatic heterocycles. The highest BCUT2D eigenvalue weighted by Crippen LogP contribution is 2.51. The van der Waals surface area contributed by atoms with Crippen LogP contribution in [0.5, 0.6) is 0 Å². The van der Waals surface area contributed by atoms with Crippen LogP contribution in [0.2, 0.25) is 0 Å². The fourth-order valence-corrected chi connectivity index (χ4v) is 4.91. The third-order valence-corrected chi connectivity index (χ3v) is 6.52. The van der Waals surface area contributed by atoms with E-state index in [-0.39, 0.29) is 5.41 Å². The van der Waals surface area contributed by atoms with Crippen LogP contribution in [-0.2, 0) is 0 Å². The predicted octanol–water partition coefficient (Wildman–Crippen LogP) is 6.48. The Bertz CT molecular complexity index is 342. The number of hydrogen-bond donors (Lipinski definition) is 0. The van der Waals surface area contributed by atoms with Crippen molar-refractivity contribution in [1.82, 2.24) is 0 Å². The molecule has 0 aliphatic heterocycles. The molecule has 1 heteroatoms. The van der Waals surface area contributed by atoms with Gasteiger partial charge < -0.3 is 0 Å². The van der Waals surface area contributed by atoms with Gasteiger partial charge in [-0.25, -0.2) is 0 Å². The maximum atomic E-state index is 9.52. The summed E-state index contributed by atoms with van der Waals surface area (Å²) in [6.07, 6.45) is 17.7. The summed E-state index contributed by atoms with van der Waals surface area (Å²) in [6, 6.07) is 2.67. The highest BCUT2D eigenvalue weighted by molar-refractivity contribution is 5.03. The van der Waals surface area contributed by atoms with Gasteiger partial charge in [-0.05, 0) is 56.3 Å². The molecule has 0 amide bonds. The average Bonchev–Trinajstić information content (AvgIpc) is 2.54. The SMILES string of the molecule is CCCCCCC[C@H]1CCC2C[C@](C#N)(CC)CC[C@@H]2C1. The zero-order chi connectivity index (χ0) is 15.1. The molecule has 0 N–H and O–H groups in total. The molecule has 21 heavy (non-hydrogen) atoms. The van der Waals surface area contributed by atoms with Gasteiger partial charge in [-0.15, -0.1) is 0 Å². The zero-order valence-corrected chi connectivity index (χ0v) is 14.4. The molecule has 0 aromatic carbocycles. The van der Waals surface area contributed by atoms with Crippen LogP contribution in [0.4, 0.5) is 0 Å². The first-order valence-corrected chi connectivity index (χ1v) is 9.64. The van der Waals surface area contributed by atoms with E-state index < -0.39 is 0 Å². The largest absolute Gasteiger partial charge is 0.198 e. The molecular formula is C20H35N. The van der Waals surface area contributed by atoms with Crippen molar-refractivity contribution < 1.29 is 0 Å². The van der Waals surface area contributed by atoms with Crippen molar-refractivity contribution in [3.8, 4) is 6.07 Å². The molecule has 0 radical (unpaired) electrons. The van der Waals surface area contributed by atoms with Gasteiger partial charge >= 0.3 is 0 Å². The van der Waals surface area contributed by atoms with Gasteiger partial charge in [-0.3, -0.25) is 0 Å². The van der Waals surface area contributed by atoms with E-state index in [1.807, 2.05) is 0 Å². The fourth-order valence-electron chi connectivity index (χ4n) is 4.91. The van der Waals surface area contributed by atoms with Gasteiger partial charge in [-0.2, -0.15) is 5.26 Å². The lowest BCUT2D eigenvalue weighted by Crippen LogP contribution is -2.36. The molecule has 2 rings (SSSR count). The van der Waals surface area contributed by atoms with Crippen LogP contribution in [-0.4, -0.2) is 0 Å². The second-order valence-corrected chi connectivity index (χ2v) is 7.89. The molecule has 0 saturated heterocycles. The Morgan fingerprint density at radius 3 is 2.52 bits per heavy atom. The van der Waals surface area contributed by atoms with Gasteiger partial charge in [0.25, 0.3) is 0 Å². The van der Waals surface area contributed by atoms with Crippen LogP contribution in [0.3, 0.4) is 0 Å². The van der Waals surface area contributed by atoms with E-state index in [2.05, 4.69) is 19.9 Å². The van der Waals surface area contributed by atoms with E-state index in [9.17, 15) is 5.26 Å². The van der Waals surface area contributed by atoms with Gasteiger partial charge in [-0.1, -0.05) is 58.8 Å². The monoisotopic (exact) mass is 289 g/mol. The van der Waals surface area contributed by atoms with Crippen LogP contribution in [0, 0.1) is 34.5 Å². The molecule has 1 unspecified atom stereocenters. The standard InChI is InChI=1S/C20H35N/c1-3-5-6-7-8-9-17-10-11-19-15-20(4-2,16-21)13-12-18(19)14-17/h17-19H,3-15H2,1-2H3/t17-,18+,19?,20-/m0/s1. The molecule has 0 bridgehead atoms. The van der Waals surface area contributed by atoms with Gasteiger partial charge in [0.15, 0.2) is 0 Å². The zero-order valence-electron chi connectivity index (χ0n) is 14.4. The number of rotatable bonds is 7. The van der Waals surface area contributed by atoms with E-state index in [1.54, 1.807) is 0 Å². The molecule has 2 aliphatic carbocycles. The van der Waals surface area contributed by atoms with Crippen molar-refractivity contribution >= 4 is 0 Å². The Balaban J connectivity index is 1.72. The summed E-state index contributed by atoms with van der Waals surface area (Å²) in [5, 5.41) is 9.52. The minimum atomic E-state index is 0.0359. The molecule has 120 valence electrons. The van der Waals surface area contributed by atoms with Crippen LogP contribution < -0.4 is 0 Å². The third kappa shape index (κ3) is 4.48. The first kappa shape index (κ1) is 16.9. The lowest BCUT2D eigenvalue weighted by Gasteiger charge is -2.45. The molecule has 0 spiro atoms. The van der Waals surface area contributed by atoms with Crippen molar-refractivity contribution in [2.75, 3.05) is 0 Å². The van der Waals surface area contributed by atoms with Gasteiger partial charge in [0, 0.05) is 0 Å². The molecule has 2 fully saturated rings. The van der Waals surface area contributed by atoms with E-state index in [4.69, 9.17) is 0 Å². The molecule has 0 heterocycles. The summed E-state index contributed by atoms with van der Waals surface area (Å²) in [6.45, 7) is 4.51. The molecule has 2 aliphatic rings. The topological polar surface area (TPSA) is 23.8 Å². The quantitative estimate of drug-likeness (QED) is 0.492. The van der Waals surface area contributed by atoms with Crippen molar-refractivity contribution in [2.24, 2.45) is 23.2 Å². The number of unbranched alkanes of at least 4 members (excludes halogenated alkanes) is 4. The number of hydrogen-bond acceptors (Lipinski definition) is 1. The maximum absolute atomic E-state index is 9.52. The predicted molar refractivity (Wildman–Crippen MR) is 89.9 cm³/mol. The van der Waals surface area contributed by atoms with Crippen molar-refractivity contribution in [2.45, 2.75) is 97.3 Å². The van der Waals surface area contributed by atoms with Gasteiger partial charge in [0.05, 0.1) is 11.5 Å². The lowest BCUT2D eigenvalue weighted by molar-refractivity contribution is 0.0651. The van der Waals surface area contributed by atoms with Gasteiger partial charge in [0.1, 0.15) is 0 Å². The maximum Gasteiger partial charge on any atom is 0.0689 e. The lowest BCUT2D eigenvalue weighted by atomic mass is 9.59. The van der Waals surface area contributed by atoms with E-state index in [0.717, 1.165) is 24.2 Å². The Morgan fingerprint density at radius 2 is 1.81 bits per heavy atom. The molecule has 4 atom stereocenters. The van der Waals surface area contributed by atoms with E-state index in [1.165, 1.54) is 77.0 Å². The van der Waals surface area contributed by atoms with Crippen LogP contribution >= 0.6 is 0 Å².